The molecule has 3 N–H and O–H groups in total. The second-order valence-corrected chi connectivity index (χ2v) is 4.33. The molecule has 1 atom stereocenters. The highest BCUT2D eigenvalue weighted by Crippen LogP contribution is 2.22. The van der Waals surface area contributed by atoms with Gasteiger partial charge in [-0.15, -0.1) is 0 Å². The lowest BCUT2D eigenvalue weighted by Crippen LogP contribution is -2.38. The van der Waals surface area contributed by atoms with Crippen LogP contribution in [0.4, 0.5) is 0 Å². The molecule has 1 unspecified atom stereocenters. The van der Waals surface area contributed by atoms with Gasteiger partial charge in [-0.25, -0.2) is 0 Å². The molecule has 0 rings (SSSR count). The van der Waals surface area contributed by atoms with Crippen molar-refractivity contribution in [3.05, 3.63) is 12.2 Å². The minimum absolute atomic E-state index is 0.245. The van der Waals surface area contributed by atoms with Crippen LogP contribution in [0.1, 0.15) is 34.1 Å². The van der Waals surface area contributed by atoms with Gasteiger partial charge in [-0.2, -0.15) is 0 Å². The molecular weight excluding hydrogens is 136 g/mol. The Morgan fingerprint density at radius 3 is 2.09 bits per heavy atom. The SMILES string of the molecule is C=C(C)C(CC(C)(C)C)NN. The first-order chi connectivity index (χ1) is 4.87. The summed E-state index contributed by atoms with van der Waals surface area (Å²) >= 11 is 0. The highest BCUT2D eigenvalue weighted by atomic mass is 15.2. The Hall–Kier alpha value is -0.340. The van der Waals surface area contributed by atoms with Crippen LogP contribution in [-0.4, -0.2) is 6.04 Å². The molecule has 0 bridgehead atoms. The summed E-state index contributed by atoms with van der Waals surface area (Å²) in [5, 5.41) is 0. The van der Waals surface area contributed by atoms with Crippen LogP contribution < -0.4 is 11.3 Å². The van der Waals surface area contributed by atoms with Gasteiger partial charge in [0.05, 0.1) is 0 Å². The fraction of sp³-hybridized carbons (Fsp3) is 0.778. The molecule has 0 aromatic heterocycles. The minimum atomic E-state index is 0.245. The molecule has 0 saturated carbocycles. The van der Waals surface area contributed by atoms with E-state index in [4.69, 9.17) is 5.84 Å². The van der Waals surface area contributed by atoms with Gasteiger partial charge in [0.15, 0.2) is 0 Å². The third kappa shape index (κ3) is 4.99. The van der Waals surface area contributed by atoms with E-state index in [2.05, 4.69) is 32.8 Å². The van der Waals surface area contributed by atoms with E-state index >= 15 is 0 Å². The predicted molar refractivity (Wildman–Crippen MR) is 50.0 cm³/mol. The number of hydrogen-bond donors (Lipinski definition) is 2. The Balaban J connectivity index is 3.99. The molecule has 0 heterocycles. The first kappa shape index (κ1) is 10.7. The molecule has 0 fully saturated rings. The number of nitrogens with one attached hydrogen (secondary N) is 1. The second-order valence-electron chi connectivity index (χ2n) is 4.33. The van der Waals surface area contributed by atoms with E-state index in [1.807, 2.05) is 6.92 Å². The Morgan fingerprint density at radius 1 is 1.55 bits per heavy atom. The van der Waals surface area contributed by atoms with Gasteiger partial charge in [0.1, 0.15) is 0 Å². The molecule has 2 heteroatoms. The zero-order chi connectivity index (χ0) is 9.07. The van der Waals surface area contributed by atoms with Crippen LogP contribution in [0.3, 0.4) is 0 Å². The van der Waals surface area contributed by atoms with Crippen molar-refractivity contribution in [2.45, 2.75) is 40.2 Å². The molecule has 0 aliphatic heterocycles. The van der Waals surface area contributed by atoms with E-state index in [1.54, 1.807) is 0 Å². The third-order valence-corrected chi connectivity index (χ3v) is 1.61. The van der Waals surface area contributed by atoms with E-state index in [1.165, 1.54) is 0 Å². The molecule has 0 radical (unpaired) electrons. The Kier molecular flexibility index (Phi) is 3.76. The van der Waals surface area contributed by atoms with Crippen molar-refractivity contribution in [2.24, 2.45) is 11.3 Å². The summed E-state index contributed by atoms with van der Waals surface area (Å²) in [5.74, 6) is 5.37. The summed E-state index contributed by atoms with van der Waals surface area (Å²) < 4.78 is 0. The van der Waals surface area contributed by atoms with Crippen LogP contribution in [0.15, 0.2) is 12.2 Å². The molecule has 0 aliphatic rings. The lowest BCUT2D eigenvalue weighted by atomic mass is 9.86. The number of rotatable bonds is 3. The monoisotopic (exact) mass is 156 g/mol. The van der Waals surface area contributed by atoms with E-state index in [-0.39, 0.29) is 6.04 Å². The van der Waals surface area contributed by atoms with Gasteiger partial charge in [-0.3, -0.25) is 11.3 Å². The van der Waals surface area contributed by atoms with E-state index < -0.39 is 0 Å². The molecule has 0 spiro atoms. The average molecular weight is 156 g/mol. The van der Waals surface area contributed by atoms with E-state index in [0.29, 0.717) is 5.41 Å². The second kappa shape index (κ2) is 3.88. The van der Waals surface area contributed by atoms with Crippen molar-refractivity contribution in [3.63, 3.8) is 0 Å². The van der Waals surface area contributed by atoms with Crippen LogP contribution in [0.25, 0.3) is 0 Å². The first-order valence-electron chi connectivity index (χ1n) is 3.98. The lowest BCUT2D eigenvalue weighted by molar-refractivity contribution is 0.330. The molecule has 0 aromatic rings. The van der Waals surface area contributed by atoms with Crippen molar-refractivity contribution in [3.8, 4) is 0 Å². The zero-order valence-corrected chi connectivity index (χ0v) is 8.07. The summed E-state index contributed by atoms with van der Waals surface area (Å²) in [6.07, 6.45) is 1.03. The Labute approximate surface area is 69.8 Å². The first-order valence-corrected chi connectivity index (χ1v) is 3.98. The van der Waals surface area contributed by atoms with Gasteiger partial charge in [-0.05, 0) is 18.8 Å². The quantitative estimate of drug-likeness (QED) is 0.371. The van der Waals surface area contributed by atoms with Gasteiger partial charge in [0.25, 0.3) is 0 Å². The molecule has 2 nitrogen and oxygen atoms in total. The minimum Gasteiger partial charge on any atom is -0.271 e. The van der Waals surface area contributed by atoms with Crippen molar-refractivity contribution in [2.75, 3.05) is 0 Å². The van der Waals surface area contributed by atoms with Crippen molar-refractivity contribution < 1.29 is 0 Å². The topological polar surface area (TPSA) is 38.0 Å². The fourth-order valence-electron chi connectivity index (χ4n) is 0.988. The molecule has 0 saturated heterocycles. The number of hydrogen-bond acceptors (Lipinski definition) is 2. The molecule has 0 aliphatic carbocycles. The van der Waals surface area contributed by atoms with Crippen molar-refractivity contribution in [1.82, 2.24) is 5.43 Å². The number of nitrogens with two attached hydrogens (primary N) is 1. The normalized spacial score (nSPS) is 14.6. The molecule has 0 amide bonds. The largest absolute Gasteiger partial charge is 0.271 e. The molecule has 0 aromatic carbocycles. The van der Waals surface area contributed by atoms with Gasteiger partial charge in [-0.1, -0.05) is 32.9 Å². The van der Waals surface area contributed by atoms with Crippen LogP contribution in [0, 0.1) is 5.41 Å². The van der Waals surface area contributed by atoms with Gasteiger partial charge in [0, 0.05) is 6.04 Å². The average Bonchev–Trinajstić information content (AvgIpc) is 1.80. The van der Waals surface area contributed by atoms with Crippen molar-refractivity contribution >= 4 is 0 Å². The highest BCUT2D eigenvalue weighted by Gasteiger charge is 2.17. The van der Waals surface area contributed by atoms with Gasteiger partial charge in [0.2, 0.25) is 0 Å². The van der Waals surface area contributed by atoms with E-state index in [9.17, 15) is 0 Å². The summed E-state index contributed by atoms with van der Waals surface area (Å²) in [4.78, 5) is 0. The zero-order valence-electron chi connectivity index (χ0n) is 8.07. The maximum atomic E-state index is 5.37. The summed E-state index contributed by atoms with van der Waals surface area (Å²) in [5.41, 5.74) is 4.16. The molecule has 66 valence electrons. The summed E-state index contributed by atoms with van der Waals surface area (Å²) in [7, 11) is 0. The highest BCUT2D eigenvalue weighted by molar-refractivity contribution is 5.01. The maximum absolute atomic E-state index is 5.37. The maximum Gasteiger partial charge on any atom is 0.0419 e. The third-order valence-electron chi connectivity index (χ3n) is 1.61. The standard InChI is InChI=1S/C9H20N2/c1-7(2)8(11-10)6-9(3,4)5/h8,11H,1,6,10H2,2-5H3. The van der Waals surface area contributed by atoms with E-state index in [0.717, 1.165) is 12.0 Å². The van der Waals surface area contributed by atoms with Gasteiger partial charge < -0.3 is 0 Å². The molecule has 11 heavy (non-hydrogen) atoms. The van der Waals surface area contributed by atoms with Crippen LogP contribution in [0.2, 0.25) is 0 Å². The summed E-state index contributed by atoms with van der Waals surface area (Å²) in [6, 6.07) is 0.245. The smallest absolute Gasteiger partial charge is 0.0419 e. The van der Waals surface area contributed by atoms with Crippen LogP contribution >= 0.6 is 0 Å². The van der Waals surface area contributed by atoms with Crippen molar-refractivity contribution in [1.29, 1.82) is 0 Å². The summed E-state index contributed by atoms with van der Waals surface area (Å²) in [6.45, 7) is 12.4. The molecular formula is C9H20N2. The lowest BCUT2D eigenvalue weighted by Gasteiger charge is -2.25. The number of hydrazine groups is 1. The Bertz CT molecular complexity index is 133. The van der Waals surface area contributed by atoms with Crippen LogP contribution in [0.5, 0.6) is 0 Å². The fourth-order valence-corrected chi connectivity index (χ4v) is 0.988. The van der Waals surface area contributed by atoms with Crippen LogP contribution in [-0.2, 0) is 0 Å². The predicted octanol–water partition coefficient (Wildman–Crippen LogP) is 1.83. The Morgan fingerprint density at radius 2 is 2.00 bits per heavy atom. The van der Waals surface area contributed by atoms with Gasteiger partial charge >= 0.3 is 0 Å².